The van der Waals surface area contributed by atoms with Crippen LogP contribution in [0.4, 0.5) is 0 Å². The summed E-state index contributed by atoms with van der Waals surface area (Å²) in [6, 6.07) is 16.1. The maximum atomic E-state index is 12.0. The first kappa shape index (κ1) is 13.3. The van der Waals surface area contributed by atoms with Crippen LogP contribution in [0.15, 0.2) is 54.6 Å². The minimum atomic E-state index is -0.817. The third-order valence-electron chi connectivity index (χ3n) is 2.95. The first-order chi connectivity index (χ1) is 9.20. The summed E-state index contributed by atoms with van der Waals surface area (Å²) in [6.45, 7) is 0. The monoisotopic (exact) mass is 256 g/mol. The fourth-order valence-corrected chi connectivity index (χ4v) is 1.88. The number of Topliss-reactive ketones (excluding diaryl/α,β-unsaturated/α-hetero) is 1. The van der Waals surface area contributed by atoms with E-state index in [0.29, 0.717) is 16.9 Å². The van der Waals surface area contributed by atoms with Gasteiger partial charge in [-0.05, 0) is 17.7 Å². The van der Waals surface area contributed by atoms with E-state index in [1.54, 1.807) is 43.5 Å². The molecule has 2 rings (SSSR count). The van der Waals surface area contributed by atoms with Crippen LogP contribution in [0.25, 0.3) is 0 Å². The Kier molecular flexibility index (Phi) is 4.31. The SMILES string of the molecule is COc1cccc([C@H](O)CC(=O)c2ccccc2)c1. The summed E-state index contributed by atoms with van der Waals surface area (Å²) >= 11 is 0. The Bertz CT molecular complexity index is 549. The molecule has 3 heteroatoms. The van der Waals surface area contributed by atoms with E-state index >= 15 is 0 Å². The Hall–Kier alpha value is -2.13. The predicted octanol–water partition coefficient (Wildman–Crippen LogP) is 3.00. The molecule has 3 nitrogen and oxygen atoms in total. The molecule has 2 aromatic rings. The van der Waals surface area contributed by atoms with Crippen molar-refractivity contribution >= 4 is 5.78 Å². The third-order valence-corrected chi connectivity index (χ3v) is 2.95. The molecule has 0 aliphatic heterocycles. The van der Waals surface area contributed by atoms with Crippen LogP contribution in [-0.4, -0.2) is 18.0 Å². The average Bonchev–Trinajstić information content (AvgIpc) is 2.48. The fraction of sp³-hybridized carbons (Fsp3) is 0.188. The molecular weight excluding hydrogens is 240 g/mol. The van der Waals surface area contributed by atoms with E-state index < -0.39 is 6.10 Å². The van der Waals surface area contributed by atoms with Gasteiger partial charge in [0.05, 0.1) is 13.2 Å². The number of ether oxygens (including phenoxy) is 1. The molecule has 98 valence electrons. The van der Waals surface area contributed by atoms with Gasteiger partial charge in [0.2, 0.25) is 0 Å². The number of rotatable bonds is 5. The van der Waals surface area contributed by atoms with Crippen LogP contribution in [0.1, 0.15) is 28.4 Å². The lowest BCUT2D eigenvalue weighted by Crippen LogP contribution is -2.07. The second kappa shape index (κ2) is 6.16. The largest absolute Gasteiger partial charge is 0.497 e. The molecular formula is C16H16O3. The second-order valence-corrected chi connectivity index (χ2v) is 4.29. The second-order valence-electron chi connectivity index (χ2n) is 4.29. The van der Waals surface area contributed by atoms with Crippen LogP contribution in [-0.2, 0) is 0 Å². The Morgan fingerprint density at radius 1 is 1.16 bits per heavy atom. The highest BCUT2D eigenvalue weighted by Crippen LogP contribution is 2.22. The summed E-state index contributed by atoms with van der Waals surface area (Å²) in [6.07, 6.45) is -0.750. The standard InChI is InChI=1S/C16H16O3/c1-19-14-9-5-8-13(10-14)16(18)11-15(17)12-6-3-2-4-7-12/h2-10,16,18H,11H2,1H3/t16-/m1/s1. The molecule has 19 heavy (non-hydrogen) atoms. The van der Waals surface area contributed by atoms with Gasteiger partial charge < -0.3 is 9.84 Å². The molecule has 0 radical (unpaired) electrons. The summed E-state index contributed by atoms with van der Waals surface area (Å²) in [7, 11) is 1.57. The maximum absolute atomic E-state index is 12.0. The Morgan fingerprint density at radius 3 is 2.58 bits per heavy atom. The predicted molar refractivity (Wildman–Crippen MR) is 73.3 cm³/mol. The number of aliphatic hydroxyl groups excluding tert-OH is 1. The normalized spacial score (nSPS) is 11.9. The molecule has 2 aromatic carbocycles. The van der Waals surface area contributed by atoms with Crippen molar-refractivity contribution in [2.75, 3.05) is 7.11 Å². The van der Waals surface area contributed by atoms with E-state index in [0.717, 1.165) is 0 Å². The Labute approximate surface area is 112 Å². The highest BCUT2D eigenvalue weighted by Gasteiger charge is 2.14. The molecule has 0 aliphatic carbocycles. The van der Waals surface area contributed by atoms with E-state index in [1.165, 1.54) is 0 Å². The molecule has 0 unspecified atom stereocenters. The number of ketones is 1. The number of aliphatic hydroxyl groups is 1. The molecule has 1 atom stereocenters. The van der Waals surface area contributed by atoms with E-state index in [2.05, 4.69) is 0 Å². The molecule has 0 spiro atoms. The van der Waals surface area contributed by atoms with Gasteiger partial charge in [-0.25, -0.2) is 0 Å². The molecule has 0 saturated carbocycles. The Morgan fingerprint density at radius 2 is 1.89 bits per heavy atom. The minimum absolute atomic E-state index is 0.0666. The summed E-state index contributed by atoms with van der Waals surface area (Å²) < 4.78 is 5.10. The molecule has 0 amide bonds. The highest BCUT2D eigenvalue weighted by molar-refractivity contribution is 5.96. The number of carbonyl (C=O) groups is 1. The molecule has 0 heterocycles. The van der Waals surface area contributed by atoms with Crippen molar-refractivity contribution in [3.05, 3.63) is 65.7 Å². The van der Waals surface area contributed by atoms with Crippen molar-refractivity contribution in [3.63, 3.8) is 0 Å². The van der Waals surface area contributed by atoms with Gasteiger partial charge in [0.25, 0.3) is 0 Å². The third kappa shape index (κ3) is 3.42. The quantitative estimate of drug-likeness (QED) is 0.836. The highest BCUT2D eigenvalue weighted by atomic mass is 16.5. The summed E-state index contributed by atoms with van der Waals surface area (Å²) in [4.78, 5) is 12.0. The van der Waals surface area contributed by atoms with Crippen LogP contribution in [0.3, 0.4) is 0 Å². The summed E-state index contributed by atoms with van der Waals surface area (Å²) in [5.74, 6) is 0.597. The topological polar surface area (TPSA) is 46.5 Å². The first-order valence-electron chi connectivity index (χ1n) is 6.11. The zero-order chi connectivity index (χ0) is 13.7. The van der Waals surface area contributed by atoms with Gasteiger partial charge in [-0.15, -0.1) is 0 Å². The van der Waals surface area contributed by atoms with Gasteiger partial charge in [-0.3, -0.25) is 4.79 Å². The number of hydrogen-bond donors (Lipinski definition) is 1. The number of methoxy groups -OCH3 is 1. The van der Waals surface area contributed by atoms with Crippen LogP contribution >= 0.6 is 0 Å². The van der Waals surface area contributed by atoms with Gasteiger partial charge in [0, 0.05) is 12.0 Å². The molecule has 0 saturated heterocycles. The molecule has 1 N–H and O–H groups in total. The maximum Gasteiger partial charge on any atom is 0.165 e. The van der Waals surface area contributed by atoms with Gasteiger partial charge in [-0.2, -0.15) is 0 Å². The number of hydrogen-bond acceptors (Lipinski definition) is 3. The van der Waals surface area contributed by atoms with Crippen LogP contribution in [0.2, 0.25) is 0 Å². The van der Waals surface area contributed by atoms with E-state index in [-0.39, 0.29) is 12.2 Å². The van der Waals surface area contributed by atoms with Gasteiger partial charge >= 0.3 is 0 Å². The van der Waals surface area contributed by atoms with E-state index in [9.17, 15) is 9.90 Å². The summed E-state index contributed by atoms with van der Waals surface area (Å²) in [5.41, 5.74) is 1.30. The summed E-state index contributed by atoms with van der Waals surface area (Å²) in [5, 5.41) is 10.1. The number of benzene rings is 2. The zero-order valence-corrected chi connectivity index (χ0v) is 10.7. The van der Waals surface area contributed by atoms with Gasteiger partial charge in [0.15, 0.2) is 5.78 Å². The van der Waals surface area contributed by atoms with Gasteiger partial charge in [-0.1, -0.05) is 42.5 Å². The molecule has 0 aromatic heterocycles. The lowest BCUT2D eigenvalue weighted by molar-refractivity contribution is 0.0880. The average molecular weight is 256 g/mol. The molecule has 0 aliphatic rings. The van der Waals surface area contributed by atoms with E-state index in [4.69, 9.17) is 4.74 Å². The smallest absolute Gasteiger partial charge is 0.165 e. The van der Waals surface area contributed by atoms with Gasteiger partial charge in [0.1, 0.15) is 5.75 Å². The zero-order valence-electron chi connectivity index (χ0n) is 10.7. The van der Waals surface area contributed by atoms with Crippen LogP contribution in [0, 0.1) is 0 Å². The van der Waals surface area contributed by atoms with Crippen molar-refractivity contribution in [1.82, 2.24) is 0 Å². The molecule has 0 bridgehead atoms. The van der Waals surface area contributed by atoms with Crippen molar-refractivity contribution in [2.45, 2.75) is 12.5 Å². The lowest BCUT2D eigenvalue weighted by Gasteiger charge is -2.11. The van der Waals surface area contributed by atoms with Crippen molar-refractivity contribution in [3.8, 4) is 5.75 Å². The van der Waals surface area contributed by atoms with Crippen LogP contribution < -0.4 is 4.74 Å². The first-order valence-corrected chi connectivity index (χ1v) is 6.11. The minimum Gasteiger partial charge on any atom is -0.497 e. The number of carbonyl (C=O) groups excluding carboxylic acids is 1. The van der Waals surface area contributed by atoms with E-state index in [1.807, 2.05) is 18.2 Å². The Balaban J connectivity index is 2.08. The van der Waals surface area contributed by atoms with Crippen molar-refractivity contribution in [1.29, 1.82) is 0 Å². The van der Waals surface area contributed by atoms with Crippen LogP contribution in [0.5, 0.6) is 5.75 Å². The van der Waals surface area contributed by atoms with Crippen molar-refractivity contribution in [2.24, 2.45) is 0 Å². The molecule has 0 fully saturated rings. The van der Waals surface area contributed by atoms with Crippen molar-refractivity contribution < 1.29 is 14.6 Å². The lowest BCUT2D eigenvalue weighted by atomic mass is 10.00. The fourth-order valence-electron chi connectivity index (χ4n) is 1.88.